The Balaban J connectivity index is 2.06. The highest BCUT2D eigenvalue weighted by Gasteiger charge is 2.28. The Hall–Kier alpha value is -2.20. The number of rotatable bonds is 4. The number of fused-ring (bicyclic) bond motifs is 1. The summed E-state index contributed by atoms with van der Waals surface area (Å²) in [5.41, 5.74) is 10.1. The average Bonchev–Trinajstić information content (AvgIpc) is 2.59. The van der Waals surface area contributed by atoms with E-state index >= 15 is 0 Å². The van der Waals surface area contributed by atoms with Gasteiger partial charge in [-0.25, -0.2) is 0 Å². The summed E-state index contributed by atoms with van der Waals surface area (Å²) in [6, 6.07) is 12.5. The van der Waals surface area contributed by atoms with Gasteiger partial charge in [-0.15, -0.1) is 0 Å². The second-order valence-corrected chi connectivity index (χ2v) is 5.93. The molecule has 2 aromatic rings. The van der Waals surface area contributed by atoms with Crippen LogP contribution in [0.5, 0.6) is 17.2 Å². The summed E-state index contributed by atoms with van der Waals surface area (Å²) in [4.78, 5) is 0. The lowest BCUT2D eigenvalue weighted by Gasteiger charge is -2.31. The first-order valence-electron chi connectivity index (χ1n) is 7.80. The van der Waals surface area contributed by atoms with Crippen LogP contribution in [0, 0.1) is 0 Å². The van der Waals surface area contributed by atoms with Gasteiger partial charge in [0.1, 0.15) is 5.75 Å². The van der Waals surface area contributed by atoms with Gasteiger partial charge in [-0.1, -0.05) is 12.1 Å². The normalized spacial score (nSPS) is 19.8. The molecular weight excluding hydrogens is 290 g/mol. The van der Waals surface area contributed by atoms with Gasteiger partial charge in [-0.3, -0.25) is 0 Å². The molecule has 0 spiro atoms. The molecule has 2 aromatic carbocycles. The van der Waals surface area contributed by atoms with Gasteiger partial charge >= 0.3 is 0 Å². The van der Waals surface area contributed by atoms with Gasteiger partial charge in [0.05, 0.1) is 21.3 Å². The minimum absolute atomic E-state index is 0.146. The van der Waals surface area contributed by atoms with Crippen LogP contribution in [0.25, 0.3) is 0 Å². The number of benzene rings is 2. The van der Waals surface area contributed by atoms with Crippen molar-refractivity contribution in [1.29, 1.82) is 0 Å². The van der Waals surface area contributed by atoms with Crippen molar-refractivity contribution in [2.45, 2.75) is 24.8 Å². The molecule has 0 aromatic heterocycles. The summed E-state index contributed by atoms with van der Waals surface area (Å²) >= 11 is 0. The Morgan fingerprint density at radius 1 is 0.913 bits per heavy atom. The van der Waals surface area contributed by atoms with Gasteiger partial charge in [0, 0.05) is 12.0 Å². The molecule has 4 heteroatoms. The number of hydrogen-bond donors (Lipinski definition) is 1. The SMILES string of the molecule is COc1ccc([C@@H]2C[C@@H](N)Cc3cc(OC)c(OC)cc32)cc1. The minimum Gasteiger partial charge on any atom is -0.497 e. The Bertz CT molecular complexity index is 682. The van der Waals surface area contributed by atoms with E-state index in [4.69, 9.17) is 19.9 Å². The Labute approximate surface area is 137 Å². The second kappa shape index (κ2) is 6.50. The van der Waals surface area contributed by atoms with Gasteiger partial charge in [0.2, 0.25) is 0 Å². The summed E-state index contributed by atoms with van der Waals surface area (Å²) in [6.45, 7) is 0. The molecule has 3 rings (SSSR count). The zero-order valence-electron chi connectivity index (χ0n) is 13.8. The number of methoxy groups -OCH3 is 3. The van der Waals surface area contributed by atoms with Crippen LogP contribution in [0.4, 0.5) is 0 Å². The lowest BCUT2D eigenvalue weighted by Crippen LogP contribution is -2.31. The molecule has 4 nitrogen and oxygen atoms in total. The van der Waals surface area contributed by atoms with Crippen molar-refractivity contribution in [2.75, 3.05) is 21.3 Å². The van der Waals surface area contributed by atoms with Crippen LogP contribution >= 0.6 is 0 Å². The van der Waals surface area contributed by atoms with Crippen LogP contribution in [0.15, 0.2) is 36.4 Å². The molecule has 23 heavy (non-hydrogen) atoms. The van der Waals surface area contributed by atoms with Crippen molar-refractivity contribution >= 4 is 0 Å². The van der Waals surface area contributed by atoms with Crippen molar-refractivity contribution in [3.8, 4) is 17.2 Å². The molecule has 0 radical (unpaired) electrons. The van der Waals surface area contributed by atoms with E-state index in [-0.39, 0.29) is 12.0 Å². The molecule has 0 saturated carbocycles. The quantitative estimate of drug-likeness (QED) is 0.942. The Kier molecular flexibility index (Phi) is 4.44. The molecule has 0 unspecified atom stereocenters. The standard InChI is InChI=1S/C19H23NO3/c1-21-15-6-4-12(5-7-15)16-10-14(20)8-13-9-18(22-2)19(23-3)11-17(13)16/h4-7,9,11,14,16H,8,10,20H2,1-3H3/t14-,16-/m0/s1. The predicted octanol–water partition coefficient (Wildman–Crippen LogP) is 3.12. The second-order valence-electron chi connectivity index (χ2n) is 5.93. The van der Waals surface area contributed by atoms with Gasteiger partial charge in [0.15, 0.2) is 11.5 Å². The molecule has 0 saturated heterocycles. The third-order valence-corrected chi connectivity index (χ3v) is 4.56. The van der Waals surface area contributed by atoms with E-state index in [1.165, 1.54) is 16.7 Å². The first-order chi connectivity index (χ1) is 11.2. The van der Waals surface area contributed by atoms with Crippen molar-refractivity contribution in [3.05, 3.63) is 53.1 Å². The van der Waals surface area contributed by atoms with E-state index in [0.717, 1.165) is 30.1 Å². The van der Waals surface area contributed by atoms with Crippen LogP contribution in [0.3, 0.4) is 0 Å². The summed E-state index contributed by atoms with van der Waals surface area (Å²) in [5, 5.41) is 0. The van der Waals surface area contributed by atoms with E-state index < -0.39 is 0 Å². The van der Waals surface area contributed by atoms with Gasteiger partial charge < -0.3 is 19.9 Å². The van der Waals surface area contributed by atoms with Crippen LogP contribution in [0.2, 0.25) is 0 Å². The molecule has 1 aliphatic rings. The van der Waals surface area contributed by atoms with Crippen LogP contribution < -0.4 is 19.9 Å². The monoisotopic (exact) mass is 313 g/mol. The highest BCUT2D eigenvalue weighted by molar-refractivity contribution is 5.52. The largest absolute Gasteiger partial charge is 0.497 e. The summed E-state index contributed by atoms with van der Waals surface area (Å²) in [5.74, 6) is 2.65. The zero-order chi connectivity index (χ0) is 16.4. The molecule has 122 valence electrons. The van der Waals surface area contributed by atoms with E-state index in [2.05, 4.69) is 24.3 Å². The van der Waals surface area contributed by atoms with Crippen LogP contribution in [-0.4, -0.2) is 27.4 Å². The van der Waals surface area contributed by atoms with Crippen LogP contribution in [0.1, 0.15) is 29.0 Å². The molecule has 0 heterocycles. The van der Waals surface area contributed by atoms with E-state index in [1.807, 2.05) is 12.1 Å². The first-order valence-corrected chi connectivity index (χ1v) is 7.80. The third-order valence-electron chi connectivity index (χ3n) is 4.56. The maximum absolute atomic E-state index is 6.30. The maximum Gasteiger partial charge on any atom is 0.161 e. The molecule has 0 bridgehead atoms. The van der Waals surface area contributed by atoms with Crippen molar-refractivity contribution < 1.29 is 14.2 Å². The van der Waals surface area contributed by atoms with Crippen LogP contribution in [-0.2, 0) is 6.42 Å². The Morgan fingerprint density at radius 3 is 2.17 bits per heavy atom. The van der Waals surface area contributed by atoms with Gasteiger partial charge in [0.25, 0.3) is 0 Å². The Morgan fingerprint density at radius 2 is 1.57 bits per heavy atom. The fourth-order valence-electron chi connectivity index (χ4n) is 3.39. The number of ether oxygens (including phenoxy) is 3. The van der Waals surface area contributed by atoms with E-state index in [1.54, 1.807) is 21.3 Å². The predicted molar refractivity (Wildman–Crippen MR) is 90.7 cm³/mol. The highest BCUT2D eigenvalue weighted by atomic mass is 16.5. The smallest absolute Gasteiger partial charge is 0.161 e. The third kappa shape index (κ3) is 2.99. The lowest BCUT2D eigenvalue weighted by molar-refractivity contribution is 0.352. The number of hydrogen-bond acceptors (Lipinski definition) is 4. The molecule has 0 aliphatic heterocycles. The summed E-state index contributed by atoms with van der Waals surface area (Å²) in [7, 11) is 5.01. The van der Waals surface area contributed by atoms with E-state index in [0.29, 0.717) is 0 Å². The van der Waals surface area contributed by atoms with E-state index in [9.17, 15) is 0 Å². The molecule has 2 atom stereocenters. The molecule has 2 N–H and O–H groups in total. The average molecular weight is 313 g/mol. The highest BCUT2D eigenvalue weighted by Crippen LogP contribution is 2.42. The molecule has 0 amide bonds. The van der Waals surface area contributed by atoms with Crippen molar-refractivity contribution in [2.24, 2.45) is 5.73 Å². The maximum atomic E-state index is 6.30. The fraction of sp³-hybridized carbons (Fsp3) is 0.368. The summed E-state index contributed by atoms with van der Waals surface area (Å²) < 4.78 is 16.2. The molecule has 1 aliphatic carbocycles. The molecule has 0 fully saturated rings. The van der Waals surface area contributed by atoms with Crippen molar-refractivity contribution in [3.63, 3.8) is 0 Å². The first kappa shape index (κ1) is 15.7. The summed E-state index contributed by atoms with van der Waals surface area (Å²) in [6.07, 6.45) is 1.79. The number of nitrogens with two attached hydrogens (primary N) is 1. The molecular formula is C19H23NO3. The lowest BCUT2D eigenvalue weighted by atomic mass is 9.76. The topological polar surface area (TPSA) is 53.7 Å². The fourth-order valence-corrected chi connectivity index (χ4v) is 3.39. The minimum atomic E-state index is 0.146. The van der Waals surface area contributed by atoms with Gasteiger partial charge in [-0.2, -0.15) is 0 Å². The zero-order valence-corrected chi connectivity index (χ0v) is 13.8. The van der Waals surface area contributed by atoms with Gasteiger partial charge in [-0.05, 0) is 53.8 Å². The van der Waals surface area contributed by atoms with Crippen molar-refractivity contribution in [1.82, 2.24) is 0 Å².